The van der Waals surface area contributed by atoms with Gasteiger partial charge in [0, 0.05) is 26.0 Å². The molecule has 0 saturated carbocycles. The van der Waals surface area contributed by atoms with Crippen LogP contribution in [-0.2, 0) is 31.4 Å². The van der Waals surface area contributed by atoms with Crippen LogP contribution < -0.4 is 5.32 Å². The van der Waals surface area contributed by atoms with E-state index < -0.39 is 5.97 Å². The third-order valence-electron chi connectivity index (χ3n) is 2.91. The van der Waals surface area contributed by atoms with Gasteiger partial charge in [-0.2, -0.15) is 0 Å². The molecular weight excluding hydrogens is 242 g/mol. The monoisotopic (exact) mass is 259 g/mol. The number of hydrogen-bond acceptors (Lipinski definition) is 3. The second-order valence-electron chi connectivity index (χ2n) is 4.44. The summed E-state index contributed by atoms with van der Waals surface area (Å²) >= 11 is 0. The quantitative estimate of drug-likeness (QED) is 0.821. The first-order valence-electron chi connectivity index (χ1n) is 6.11. The lowest BCUT2D eigenvalue weighted by atomic mass is 10.1. The molecule has 0 aliphatic rings. The highest BCUT2D eigenvalue weighted by atomic mass is 16.4. The summed E-state index contributed by atoms with van der Waals surface area (Å²) in [7, 11) is 1.96. The molecule has 2 N–H and O–H groups in total. The van der Waals surface area contributed by atoms with Crippen molar-refractivity contribution in [3.8, 4) is 0 Å². The van der Waals surface area contributed by atoms with Gasteiger partial charge in [0.15, 0.2) is 0 Å². The van der Waals surface area contributed by atoms with E-state index in [4.69, 9.17) is 5.11 Å². The van der Waals surface area contributed by atoms with Gasteiger partial charge in [0.1, 0.15) is 5.82 Å². The highest BCUT2D eigenvalue weighted by Gasteiger charge is 2.01. The van der Waals surface area contributed by atoms with E-state index in [1.807, 2.05) is 42.1 Å². The van der Waals surface area contributed by atoms with E-state index in [9.17, 15) is 4.79 Å². The molecule has 0 saturated heterocycles. The summed E-state index contributed by atoms with van der Waals surface area (Å²) < 4.78 is 1.98. The van der Waals surface area contributed by atoms with E-state index >= 15 is 0 Å². The van der Waals surface area contributed by atoms with Crippen LogP contribution in [0, 0.1) is 0 Å². The summed E-state index contributed by atoms with van der Waals surface area (Å²) in [6.07, 6.45) is 3.76. The molecule has 1 aromatic carbocycles. The zero-order valence-corrected chi connectivity index (χ0v) is 10.8. The van der Waals surface area contributed by atoms with Crippen molar-refractivity contribution in [3.63, 3.8) is 0 Å². The fourth-order valence-corrected chi connectivity index (χ4v) is 1.84. The van der Waals surface area contributed by atoms with Gasteiger partial charge in [0.25, 0.3) is 0 Å². The molecule has 100 valence electrons. The predicted octanol–water partition coefficient (Wildman–Crippen LogP) is 1.34. The Morgan fingerprint density at radius 2 is 1.95 bits per heavy atom. The van der Waals surface area contributed by atoms with E-state index in [0.29, 0.717) is 6.54 Å². The van der Waals surface area contributed by atoms with Crippen molar-refractivity contribution in [2.24, 2.45) is 7.05 Å². The average Bonchev–Trinajstić information content (AvgIpc) is 2.77. The van der Waals surface area contributed by atoms with Crippen molar-refractivity contribution in [1.29, 1.82) is 0 Å². The number of aliphatic carboxylic acids is 1. The van der Waals surface area contributed by atoms with E-state index in [1.54, 1.807) is 6.20 Å². The number of nitrogens with one attached hydrogen (secondary N) is 1. The Bertz CT molecular complexity index is 546. The molecule has 0 fully saturated rings. The first-order valence-corrected chi connectivity index (χ1v) is 6.11. The fourth-order valence-electron chi connectivity index (χ4n) is 1.84. The highest BCUT2D eigenvalue weighted by Crippen LogP contribution is 2.05. The highest BCUT2D eigenvalue weighted by molar-refractivity contribution is 5.70. The van der Waals surface area contributed by atoms with Crippen LogP contribution in [0.1, 0.15) is 17.0 Å². The SMILES string of the molecule is Cn1ccnc1CNCc1ccc(CC(=O)O)cc1. The van der Waals surface area contributed by atoms with E-state index in [0.717, 1.165) is 23.5 Å². The smallest absolute Gasteiger partial charge is 0.307 e. The third-order valence-corrected chi connectivity index (χ3v) is 2.91. The fraction of sp³-hybridized carbons (Fsp3) is 0.286. The van der Waals surface area contributed by atoms with Crippen LogP contribution in [0.2, 0.25) is 0 Å². The van der Waals surface area contributed by atoms with Gasteiger partial charge < -0.3 is 15.0 Å². The molecule has 0 bridgehead atoms. The molecule has 0 spiro atoms. The van der Waals surface area contributed by atoms with Gasteiger partial charge in [0.05, 0.1) is 13.0 Å². The van der Waals surface area contributed by atoms with Gasteiger partial charge in [-0.05, 0) is 11.1 Å². The van der Waals surface area contributed by atoms with Gasteiger partial charge in [-0.25, -0.2) is 4.98 Å². The maximum Gasteiger partial charge on any atom is 0.307 e. The van der Waals surface area contributed by atoms with Crippen molar-refractivity contribution >= 4 is 5.97 Å². The first-order chi connectivity index (χ1) is 9.15. The largest absolute Gasteiger partial charge is 0.481 e. The molecule has 2 aromatic rings. The van der Waals surface area contributed by atoms with Crippen LogP contribution in [-0.4, -0.2) is 20.6 Å². The Labute approximate surface area is 111 Å². The summed E-state index contributed by atoms with van der Waals surface area (Å²) in [5.74, 6) is 0.183. The molecule has 0 atom stereocenters. The van der Waals surface area contributed by atoms with Crippen molar-refractivity contribution in [2.75, 3.05) is 0 Å². The number of carbonyl (C=O) groups is 1. The molecule has 1 aromatic heterocycles. The second-order valence-corrected chi connectivity index (χ2v) is 4.44. The van der Waals surface area contributed by atoms with Gasteiger partial charge in [-0.3, -0.25) is 4.79 Å². The Kier molecular flexibility index (Phi) is 4.30. The van der Waals surface area contributed by atoms with E-state index in [1.165, 1.54) is 0 Å². The van der Waals surface area contributed by atoms with Crippen LogP contribution in [0.4, 0.5) is 0 Å². The van der Waals surface area contributed by atoms with Crippen molar-refractivity contribution < 1.29 is 9.90 Å². The second kappa shape index (κ2) is 6.15. The maximum absolute atomic E-state index is 10.6. The van der Waals surface area contributed by atoms with Crippen LogP contribution >= 0.6 is 0 Å². The summed E-state index contributed by atoms with van der Waals surface area (Å²) in [5, 5.41) is 12.0. The molecule has 0 aliphatic heterocycles. The standard InChI is InChI=1S/C14H17N3O2/c1-17-7-6-16-13(17)10-15-9-12-4-2-11(3-5-12)8-14(18)19/h2-7,15H,8-10H2,1H3,(H,18,19). The molecule has 1 heterocycles. The van der Waals surface area contributed by atoms with Gasteiger partial charge in [0.2, 0.25) is 0 Å². The Hall–Kier alpha value is -2.14. The Balaban J connectivity index is 1.83. The number of hydrogen-bond donors (Lipinski definition) is 2. The molecule has 0 radical (unpaired) electrons. The number of carboxylic acids is 1. The minimum atomic E-state index is -0.805. The van der Waals surface area contributed by atoms with Crippen LogP contribution in [0.3, 0.4) is 0 Å². The summed E-state index contributed by atoms with van der Waals surface area (Å²) in [5.41, 5.74) is 1.95. The van der Waals surface area contributed by atoms with Gasteiger partial charge >= 0.3 is 5.97 Å². The molecule has 0 unspecified atom stereocenters. The molecule has 0 aliphatic carbocycles. The normalized spacial score (nSPS) is 10.6. The van der Waals surface area contributed by atoms with Crippen LogP contribution in [0.15, 0.2) is 36.7 Å². The number of benzene rings is 1. The topological polar surface area (TPSA) is 67.2 Å². The summed E-state index contributed by atoms with van der Waals surface area (Å²) in [6, 6.07) is 7.60. The number of aromatic nitrogens is 2. The first kappa shape index (κ1) is 13.3. The van der Waals surface area contributed by atoms with Gasteiger partial charge in [-0.1, -0.05) is 24.3 Å². The number of aryl methyl sites for hydroxylation is 1. The number of carboxylic acid groups (broad SMARTS) is 1. The molecule has 0 amide bonds. The minimum Gasteiger partial charge on any atom is -0.481 e. The Morgan fingerprint density at radius 3 is 2.53 bits per heavy atom. The maximum atomic E-state index is 10.6. The summed E-state index contributed by atoms with van der Waals surface area (Å²) in [6.45, 7) is 1.45. The number of rotatable bonds is 6. The summed E-state index contributed by atoms with van der Waals surface area (Å²) in [4.78, 5) is 14.8. The van der Waals surface area contributed by atoms with Gasteiger partial charge in [-0.15, -0.1) is 0 Å². The number of imidazole rings is 1. The zero-order chi connectivity index (χ0) is 13.7. The molecule has 5 heteroatoms. The Morgan fingerprint density at radius 1 is 1.26 bits per heavy atom. The van der Waals surface area contributed by atoms with E-state index in [-0.39, 0.29) is 6.42 Å². The molecule has 2 rings (SSSR count). The van der Waals surface area contributed by atoms with Crippen LogP contribution in [0.25, 0.3) is 0 Å². The van der Waals surface area contributed by atoms with Crippen LogP contribution in [0.5, 0.6) is 0 Å². The lowest BCUT2D eigenvalue weighted by Gasteiger charge is -2.06. The molecule has 19 heavy (non-hydrogen) atoms. The minimum absolute atomic E-state index is 0.0704. The zero-order valence-electron chi connectivity index (χ0n) is 10.8. The van der Waals surface area contributed by atoms with Crippen molar-refractivity contribution in [2.45, 2.75) is 19.5 Å². The predicted molar refractivity (Wildman–Crippen MR) is 71.5 cm³/mol. The van der Waals surface area contributed by atoms with E-state index in [2.05, 4.69) is 10.3 Å². The molecular formula is C14H17N3O2. The lowest BCUT2D eigenvalue weighted by molar-refractivity contribution is -0.136. The number of nitrogens with zero attached hydrogens (tertiary/aromatic N) is 2. The lowest BCUT2D eigenvalue weighted by Crippen LogP contribution is -2.15. The van der Waals surface area contributed by atoms with Crippen molar-refractivity contribution in [1.82, 2.24) is 14.9 Å². The molecule has 5 nitrogen and oxygen atoms in total. The van der Waals surface area contributed by atoms with Crippen molar-refractivity contribution in [3.05, 3.63) is 53.6 Å². The third kappa shape index (κ3) is 3.93. The average molecular weight is 259 g/mol.